The van der Waals surface area contributed by atoms with Gasteiger partial charge in [0.1, 0.15) is 36.7 Å². The molecular weight excluding hydrogens is 1420 g/mol. The molecule has 0 bridgehead atoms. The number of hydrogen-bond acceptors (Lipinski definition) is 16. The molecule has 9 heterocycles. The highest BCUT2D eigenvalue weighted by Crippen LogP contribution is 2.38. The molecule has 31 heteroatoms. The SMILES string of the molecule is COc1c(F)cc(-c2n[nH]c3ccc(-c4ncn[nH]4)cc23)cc1F.COc1c(F)ccc(-c2n[nH]c3ccc(-c4ncn[nH]4)cc23)c1F.Cl.Cl.Cl.c1cc(CN2CCCCC2)cc(-c2n[nH]c3ccc(-c4ncn[nH]4)cc23)c1.c1ccc(NCc2cccc(-c3n[nH]c4ccc(-c5ncn[nH]5)cc34)c2)cc1. The summed E-state index contributed by atoms with van der Waals surface area (Å²) in [5.41, 5.74) is 16.1. The van der Waals surface area contributed by atoms with E-state index >= 15 is 0 Å². The Hall–Kier alpha value is -12.6. The predicted molar refractivity (Wildman–Crippen MR) is 405 cm³/mol. The second-order valence-corrected chi connectivity index (χ2v) is 24.0. The standard InChI is InChI=1S/C22H18N6.C21H22N6.2C16H11F2N5O.3ClH/c1-2-7-18(8-3-1)23-13-15-5-4-6-16(11-15)21-19-12-17(22-24-14-25-28-22)9-10-20(19)26-27-21;1-2-9-27(10-3-1)13-15-5-4-6-16(11-15)20-18-12-17(21-22-14-23-26-21)7-8-19(18)24-25-20;1-24-15-11(17)4-3-9(13(15)18)14-10-6-8(16-19-7-20-23-16)2-5-12(10)21-22-14;1-24-15-11(17)5-9(6-12(15)18)14-10-4-8(16-19-7-20-23-16)2-3-13(10)21-22-14;;;/h1-12,14,23H,13H2,(H,26,27)(H,24,25,28);4-8,11-12,14H,1-3,9-10,13H2,(H,24,25)(H,22,23,26);2*2-7H,1H3,(H,21,22)(H,19,20,23);3*1H. The maximum atomic E-state index is 14.6. The Kier molecular flexibility index (Phi) is 22.9. The van der Waals surface area contributed by atoms with Gasteiger partial charge in [-0.2, -0.15) is 40.8 Å². The van der Waals surface area contributed by atoms with Crippen molar-refractivity contribution < 1.29 is 27.0 Å². The molecule has 0 amide bonds. The quantitative estimate of drug-likeness (QED) is 0.0431. The van der Waals surface area contributed by atoms with E-state index in [-0.39, 0.29) is 42.8 Å². The van der Waals surface area contributed by atoms with Crippen molar-refractivity contribution in [1.82, 2.24) is 106 Å². The molecule has 536 valence electrons. The largest absolute Gasteiger partial charge is 0.491 e. The lowest BCUT2D eigenvalue weighted by Gasteiger charge is -2.26. The molecule has 1 saturated heterocycles. The van der Waals surface area contributed by atoms with E-state index in [0.29, 0.717) is 39.4 Å². The number of anilines is 1. The Balaban J connectivity index is 0.000000132. The van der Waals surface area contributed by atoms with Gasteiger partial charge in [0, 0.05) is 84.8 Å². The van der Waals surface area contributed by atoms with Gasteiger partial charge in [-0.1, -0.05) is 61.0 Å². The van der Waals surface area contributed by atoms with Crippen LogP contribution in [0.25, 0.3) is 134 Å². The Bertz CT molecular complexity index is 5710. The van der Waals surface area contributed by atoms with Crippen LogP contribution in [0.1, 0.15) is 30.4 Å². The monoisotopic (exact) mass is 1490 g/mol. The molecule has 9 N–H and O–H groups in total. The molecule has 18 rings (SSSR count). The number of halogens is 7. The molecule has 1 aliphatic heterocycles. The molecule has 1 fully saturated rings. The predicted octanol–water partition coefficient (Wildman–Crippen LogP) is 16.5. The maximum Gasteiger partial charge on any atom is 0.191 e. The van der Waals surface area contributed by atoms with Crippen LogP contribution in [0.5, 0.6) is 11.5 Å². The lowest BCUT2D eigenvalue weighted by atomic mass is 10.0. The van der Waals surface area contributed by atoms with Gasteiger partial charge in [-0.3, -0.25) is 45.7 Å². The Labute approximate surface area is 619 Å². The minimum atomic E-state index is -0.795. The van der Waals surface area contributed by atoms with E-state index in [9.17, 15) is 17.6 Å². The number of hydrogen-bond donors (Lipinski definition) is 9. The zero-order chi connectivity index (χ0) is 70.2. The van der Waals surface area contributed by atoms with E-state index in [1.807, 2.05) is 78.9 Å². The highest BCUT2D eigenvalue weighted by molar-refractivity contribution is 5.99. The molecule has 0 unspecified atom stereocenters. The first-order valence-electron chi connectivity index (χ1n) is 32.7. The van der Waals surface area contributed by atoms with Crippen LogP contribution in [-0.2, 0) is 13.1 Å². The molecule has 9 aromatic carbocycles. The summed E-state index contributed by atoms with van der Waals surface area (Å²) in [6, 6.07) is 55.5. The van der Waals surface area contributed by atoms with Gasteiger partial charge in [0.25, 0.3) is 0 Å². The van der Waals surface area contributed by atoms with Crippen molar-refractivity contribution in [1.29, 1.82) is 0 Å². The number of aromatic amines is 8. The van der Waals surface area contributed by atoms with Gasteiger partial charge < -0.3 is 14.8 Å². The summed E-state index contributed by atoms with van der Waals surface area (Å²) in [5, 5.41) is 63.4. The van der Waals surface area contributed by atoms with E-state index in [1.165, 1.54) is 101 Å². The van der Waals surface area contributed by atoms with Crippen molar-refractivity contribution in [2.75, 3.05) is 32.6 Å². The number of aromatic nitrogens is 20. The number of likely N-dealkylation sites (tertiary alicyclic amines) is 1. The molecule has 0 radical (unpaired) electrons. The number of fused-ring (bicyclic) bond motifs is 4. The van der Waals surface area contributed by atoms with Crippen molar-refractivity contribution in [3.8, 4) is 102 Å². The van der Waals surface area contributed by atoms with Crippen LogP contribution in [0.4, 0.5) is 23.2 Å². The van der Waals surface area contributed by atoms with Gasteiger partial charge in [-0.25, -0.2) is 37.5 Å². The average Bonchev–Trinajstić information content (AvgIpc) is 1.62. The molecule has 106 heavy (non-hydrogen) atoms. The number of nitrogens with one attached hydrogen (secondary N) is 9. The van der Waals surface area contributed by atoms with Gasteiger partial charge in [0.15, 0.2) is 58.1 Å². The van der Waals surface area contributed by atoms with Crippen LogP contribution in [0, 0.1) is 23.3 Å². The van der Waals surface area contributed by atoms with Crippen molar-refractivity contribution in [2.24, 2.45) is 0 Å². The normalized spacial score (nSPS) is 11.9. The van der Waals surface area contributed by atoms with E-state index < -0.39 is 34.8 Å². The van der Waals surface area contributed by atoms with E-state index in [1.54, 1.807) is 0 Å². The number of benzene rings is 9. The van der Waals surface area contributed by atoms with E-state index in [4.69, 9.17) is 9.47 Å². The maximum absolute atomic E-state index is 14.6. The van der Waals surface area contributed by atoms with Gasteiger partial charge in [0.2, 0.25) is 0 Å². The Morgan fingerprint density at radius 1 is 0.377 bits per heavy atom. The van der Waals surface area contributed by atoms with Crippen LogP contribution in [0.3, 0.4) is 0 Å². The molecule has 1 aliphatic rings. The van der Waals surface area contributed by atoms with Gasteiger partial charge >= 0.3 is 0 Å². The molecular formula is C75H65Cl3F4N22O2. The summed E-state index contributed by atoms with van der Waals surface area (Å²) >= 11 is 0. The van der Waals surface area contributed by atoms with Crippen LogP contribution >= 0.6 is 37.2 Å². The van der Waals surface area contributed by atoms with Crippen LogP contribution in [0.2, 0.25) is 0 Å². The third-order valence-electron chi connectivity index (χ3n) is 17.5. The first kappa shape index (κ1) is 73.1. The number of ether oxygens (including phenoxy) is 2. The molecule has 0 atom stereocenters. The van der Waals surface area contributed by atoms with Crippen molar-refractivity contribution in [2.45, 2.75) is 32.4 Å². The highest BCUT2D eigenvalue weighted by Gasteiger charge is 2.22. The van der Waals surface area contributed by atoms with E-state index in [2.05, 4.69) is 185 Å². The first-order valence-corrected chi connectivity index (χ1v) is 32.7. The smallest absolute Gasteiger partial charge is 0.191 e. The second-order valence-electron chi connectivity index (χ2n) is 24.0. The Morgan fingerprint density at radius 3 is 1.23 bits per heavy atom. The highest BCUT2D eigenvalue weighted by atomic mass is 35.5. The average molecular weight is 1490 g/mol. The van der Waals surface area contributed by atoms with Gasteiger partial charge in [-0.05, 0) is 158 Å². The van der Waals surface area contributed by atoms with Gasteiger partial charge in [-0.15, -0.1) is 37.2 Å². The summed E-state index contributed by atoms with van der Waals surface area (Å²) in [4.78, 5) is 19.2. The fourth-order valence-electron chi connectivity index (χ4n) is 12.5. The molecule has 17 aromatic rings. The topological polar surface area (TPSA) is 315 Å². The summed E-state index contributed by atoms with van der Waals surface area (Å²) in [7, 11) is 2.44. The van der Waals surface area contributed by atoms with Crippen molar-refractivity contribution in [3.63, 3.8) is 0 Å². The van der Waals surface area contributed by atoms with E-state index in [0.717, 1.165) is 114 Å². The third kappa shape index (κ3) is 15.8. The third-order valence-corrected chi connectivity index (χ3v) is 17.5. The summed E-state index contributed by atoms with van der Waals surface area (Å²) in [6.07, 6.45) is 9.84. The van der Waals surface area contributed by atoms with Crippen LogP contribution in [0.15, 0.2) is 201 Å². The van der Waals surface area contributed by atoms with Gasteiger partial charge in [0.05, 0.1) is 47.7 Å². The summed E-state index contributed by atoms with van der Waals surface area (Å²) in [6.45, 7) is 4.18. The first-order chi connectivity index (χ1) is 50.6. The number of para-hydroxylation sites is 1. The number of H-pyrrole nitrogens is 8. The number of rotatable bonds is 15. The molecule has 8 aromatic heterocycles. The Morgan fingerprint density at radius 2 is 0.792 bits per heavy atom. The second kappa shape index (κ2) is 33.2. The molecule has 24 nitrogen and oxygen atoms in total. The lowest BCUT2D eigenvalue weighted by Crippen LogP contribution is -2.29. The fraction of sp³-hybridized carbons (Fsp3) is 0.120. The number of piperidine rings is 1. The molecule has 0 spiro atoms. The zero-order valence-electron chi connectivity index (χ0n) is 56.4. The summed E-state index contributed by atoms with van der Waals surface area (Å²) < 4.78 is 65.6. The minimum Gasteiger partial charge on any atom is -0.491 e. The minimum absolute atomic E-state index is 0. The van der Waals surface area contributed by atoms with Crippen LogP contribution < -0.4 is 14.8 Å². The number of methoxy groups -OCH3 is 2. The number of nitrogens with zero attached hydrogens (tertiary/aromatic N) is 13. The van der Waals surface area contributed by atoms with Crippen LogP contribution in [-0.4, -0.2) is 134 Å². The summed E-state index contributed by atoms with van der Waals surface area (Å²) in [5.74, 6) is -1.28. The zero-order valence-corrected chi connectivity index (χ0v) is 58.8. The molecule has 0 saturated carbocycles. The van der Waals surface area contributed by atoms with Crippen molar-refractivity contribution in [3.05, 3.63) is 236 Å². The lowest BCUT2D eigenvalue weighted by molar-refractivity contribution is 0.221. The molecule has 0 aliphatic carbocycles. The fourth-order valence-corrected chi connectivity index (χ4v) is 12.5. The van der Waals surface area contributed by atoms with Crippen molar-refractivity contribution >= 4 is 86.5 Å².